The molecule has 1 rings (SSSR count). The summed E-state index contributed by atoms with van der Waals surface area (Å²) in [5.41, 5.74) is -2.10. The minimum atomic E-state index is -1.05. The van der Waals surface area contributed by atoms with Crippen molar-refractivity contribution in [3.05, 3.63) is 0 Å². The Labute approximate surface area is 115 Å². The van der Waals surface area contributed by atoms with Gasteiger partial charge in [-0.3, -0.25) is 9.59 Å². The van der Waals surface area contributed by atoms with Gasteiger partial charge in [0, 0.05) is 0 Å². The molecule has 1 fully saturated rings. The van der Waals surface area contributed by atoms with Crippen LogP contribution in [0.15, 0.2) is 0 Å². The van der Waals surface area contributed by atoms with Gasteiger partial charge >= 0.3 is 11.9 Å². The molecule has 1 aliphatic rings. The van der Waals surface area contributed by atoms with Crippen molar-refractivity contribution in [3.63, 3.8) is 0 Å². The zero-order valence-corrected chi connectivity index (χ0v) is 12.1. The molecule has 0 bridgehead atoms. The molecule has 0 radical (unpaired) electrons. The fourth-order valence-electron chi connectivity index (χ4n) is 3.69. The van der Waals surface area contributed by atoms with Gasteiger partial charge in [0.05, 0.1) is 10.8 Å². The van der Waals surface area contributed by atoms with E-state index in [1.807, 2.05) is 13.8 Å². The molecule has 2 N–H and O–H groups in total. The van der Waals surface area contributed by atoms with Gasteiger partial charge in [-0.2, -0.15) is 0 Å². The Morgan fingerprint density at radius 1 is 0.895 bits per heavy atom. The first kappa shape index (κ1) is 16.0. The van der Waals surface area contributed by atoms with Crippen molar-refractivity contribution < 1.29 is 19.8 Å². The lowest BCUT2D eigenvalue weighted by Crippen LogP contribution is -2.49. The number of aliphatic carboxylic acids is 2. The summed E-state index contributed by atoms with van der Waals surface area (Å²) in [6, 6.07) is 0. The smallest absolute Gasteiger partial charge is 0.310 e. The van der Waals surface area contributed by atoms with E-state index in [9.17, 15) is 19.8 Å². The second-order valence-corrected chi connectivity index (χ2v) is 5.84. The van der Waals surface area contributed by atoms with E-state index in [1.54, 1.807) is 0 Å². The zero-order valence-electron chi connectivity index (χ0n) is 12.1. The molecule has 0 saturated heterocycles. The van der Waals surface area contributed by atoms with Crippen molar-refractivity contribution in [2.75, 3.05) is 0 Å². The number of carbonyl (C=O) groups is 2. The van der Waals surface area contributed by atoms with E-state index in [-0.39, 0.29) is 0 Å². The molecule has 0 spiro atoms. The van der Waals surface area contributed by atoms with E-state index in [1.165, 1.54) is 0 Å². The lowest BCUT2D eigenvalue weighted by Gasteiger charge is -2.40. The van der Waals surface area contributed by atoms with Gasteiger partial charge < -0.3 is 10.2 Å². The van der Waals surface area contributed by atoms with E-state index < -0.39 is 22.8 Å². The van der Waals surface area contributed by atoms with Crippen molar-refractivity contribution in [1.82, 2.24) is 0 Å². The number of rotatable bonds is 8. The van der Waals surface area contributed by atoms with Crippen LogP contribution in [0.4, 0.5) is 0 Å². The second kappa shape index (κ2) is 6.40. The first-order valence-electron chi connectivity index (χ1n) is 7.43. The molecule has 0 aromatic rings. The zero-order chi connectivity index (χ0) is 14.5. The predicted octanol–water partition coefficient (Wildman–Crippen LogP) is 3.69. The van der Waals surface area contributed by atoms with Crippen molar-refractivity contribution >= 4 is 11.9 Å². The van der Waals surface area contributed by atoms with Crippen LogP contribution in [0.3, 0.4) is 0 Å². The first-order valence-corrected chi connectivity index (χ1v) is 7.43. The van der Waals surface area contributed by atoms with Crippen LogP contribution in [-0.4, -0.2) is 22.2 Å². The first-order chi connectivity index (χ1) is 8.97. The summed E-state index contributed by atoms with van der Waals surface area (Å²) < 4.78 is 0. The molecule has 4 heteroatoms. The molecule has 0 heterocycles. The van der Waals surface area contributed by atoms with Crippen molar-refractivity contribution in [2.45, 2.75) is 71.6 Å². The van der Waals surface area contributed by atoms with Crippen molar-refractivity contribution in [1.29, 1.82) is 0 Å². The third-order valence-electron chi connectivity index (χ3n) is 4.86. The van der Waals surface area contributed by atoms with Gasteiger partial charge in [0.25, 0.3) is 0 Å². The Morgan fingerprint density at radius 3 is 1.53 bits per heavy atom. The summed E-state index contributed by atoms with van der Waals surface area (Å²) in [7, 11) is 0. The molecule has 19 heavy (non-hydrogen) atoms. The topological polar surface area (TPSA) is 74.6 Å². The Balaban J connectivity index is 3.15. The van der Waals surface area contributed by atoms with Crippen LogP contribution < -0.4 is 0 Å². The molecule has 4 nitrogen and oxygen atoms in total. The van der Waals surface area contributed by atoms with Gasteiger partial charge in [-0.15, -0.1) is 0 Å². The summed E-state index contributed by atoms with van der Waals surface area (Å²) in [6.45, 7) is 4.03. The summed E-state index contributed by atoms with van der Waals surface area (Å²) in [4.78, 5) is 23.7. The fourth-order valence-corrected chi connectivity index (χ4v) is 3.69. The molecule has 0 aromatic carbocycles. The van der Waals surface area contributed by atoms with Crippen LogP contribution in [0.25, 0.3) is 0 Å². The quantitative estimate of drug-likeness (QED) is 0.705. The molecule has 0 aromatic heterocycles. The third-order valence-corrected chi connectivity index (χ3v) is 4.86. The summed E-state index contributed by atoms with van der Waals surface area (Å²) in [6.07, 6.45) is 6.10. The maximum absolute atomic E-state index is 11.8. The highest BCUT2D eigenvalue weighted by molar-refractivity contribution is 5.87. The number of hydrogen-bond donors (Lipinski definition) is 2. The van der Waals surface area contributed by atoms with Crippen LogP contribution >= 0.6 is 0 Å². The molecule has 1 saturated carbocycles. The minimum Gasteiger partial charge on any atom is -0.481 e. The van der Waals surface area contributed by atoms with Gasteiger partial charge in [-0.1, -0.05) is 46.0 Å². The Kier molecular flexibility index (Phi) is 5.39. The van der Waals surface area contributed by atoms with E-state index in [0.717, 1.165) is 25.7 Å². The van der Waals surface area contributed by atoms with Crippen LogP contribution in [0.5, 0.6) is 0 Å². The summed E-state index contributed by atoms with van der Waals surface area (Å²) in [5, 5.41) is 19.4. The molecule has 0 amide bonds. The van der Waals surface area contributed by atoms with E-state index >= 15 is 0 Å². The number of hydrogen-bond acceptors (Lipinski definition) is 2. The fraction of sp³-hybridized carbons (Fsp3) is 0.867. The summed E-state index contributed by atoms with van der Waals surface area (Å²) in [5.74, 6) is -1.81. The maximum Gasteiger partial charge on any atom is 0.310 e. The number of unbranched alkanes of at least 4 members (excludes halogenated alkanes) is 2. The lowest BCUT2D eigenvalue weighted by molar-refractivity contribution is -0.173. The minimum absolute atomic E-state index is 0.495. The average molecular weight is 270 g/mol. The lowest BCUT2D eigenvalue weighted by atomic mass is 9.61. The second-order valence-electron chi connectivity index (χ2n) is 5.84. The average Bonchev–Trinajstić information content (AvgIpc) is 2.75. The van der Waals surface area contributed by atoms with E-state index in [4.69, 9.17) is 0 Å². The van der Waals surface area contributed by atoms with Crippen molar-refractivity contribution in [2.24, 2.45) is 10.8 Å². The van der Waals surface area contributed by atoms with Crippen LogP contribution in [0.1, 0.15) is 71.6 Å². The molecule has 2 atom stereocenters. The van der Waals surface area contributed by atoms with Gasteiger partial charge in [-0.25, -0.2) is 0 Å². The highest BCUT2D eigenvalue weighted by Gasteiger charge is 2.62. The molecule has 110 valence electrons. The summed E-state index contributed by atoms with van der Waals surface area (Å²) >= 11 is 0. The number of carboxylic acid groups (broad SMARTS) is 2. The third kappa shape index (κ3) is 2.63. The maximum atomic E-state index is 11.8. The standard InChI is InChI=1S/C15H26O4/c1-3-5-8-14(12(16)17)10-7-11-15(14,13(18)19)9-6-4-2/h3-11H2,1-2H3,(H,16,17)(H,18,19). The van der Waals surface area contributed by atoms with Gasteiger partial charge in [0.2, 0.25) is 0 Å². The number of carboxylic acids is 2. The largest absolute Gasteiger partial charge is 0.481 e. The molecule has 0 aliphatic heterocycles. The normalized spacial score (nSPS) is 30.4. The van der Waals surface area contributed by atoms with E-state index in [0.29, 0.717) is 32.1 Å². The SMILES string of the molecule is CCCCC1(C(=O)O)CCCC1(CCCC)C(=O)O. The predicted molar refractivity (Wildman–Crippen MR) is 73.0 cm³/mol. The highest BCUT2D eigenvalue weighted by atomic mass is 16.4. The Hall–Kier alpha value is -1.06. The Morgan fingerprint density at radius 2 is 1.26 bits per heavy atom. The van der Waals surface area contributed by atoms with Crippen molar-refractivity contribution in [3.8, 4) is 0 Å². The van der Waals surface area contributed by atoms with Gasteiger partial charge in [0.1, 0.15) is 0 Å². The highest BCUT2D eigenvalue weighted by Crippen LogP contribution is 2.58. The van der Waals surface area contributed by atoms with Gasteiger partial charge in [0.15, 0.2) is 0 Å². The van der Waals surface area contributed by atoms with Gasteiger partial charge in [-0.05, 0) is 25.7 Å². The van der Waals surface area contributed by atoms with Crippen LogP contribution in [0.2, 0.25) is 0 Å². The molecule has 1 aliphatic carbocycles. The molecular weight excluding hydrogens is 244 g/mol. The van der Waals surface area contributed by atoms with E-state index in [2.05, 4.69) is 0 Å². The monoisotopic (exact) mass is 270 g/mol. The molecular formula is C15H26O4. The molecule has 2 unspecified atom stereocenters. The van der Waals surface area contributed by atoms with Crippen LogP contribution in [-0.2, 0) is 9.59 Å². The van der Waals surface area contributed by atoms with Crippen LogP contribution in [0, 0.1) is 10.8 Å². The Bertz CT molecular complexity index is 307.